The lowest BCUT2D eigenvalue weighted by atomic mass is 10.1. The van der Waals surface area contributed by atoms with Crippen LogP contribution in [0.1, 0.15) is 16.1 Å². The minimum absolute atomic E-state index is 0.182. The highest BCUT2D eigenvalue weighted by molar-refractivity contribution is 6.38. The molecule has 17 heavy (non-hydrogen) atoms. The van der Waals surface area contributed by atoms with Crippen molar-refractivity contribution in [2.45, 2.75) is 6.92 Å². The third-order valence-electron chi connectivity index (χ3n) is 2.43. The van der Waals surface area contributed by atoms with Crippen LogP contribution in [0.2, 0.25) is 10.0 Å². The first kappa shape index (κ1) is 12.1. The third-order valence-corrected chi connectivity index (χ3v) is 2.94. The predicted molar refractivity (Wildman–Crippen MR) is 69.9 cm³/mol. The second-order valence-corrected chi connectivity index (χ2v) is 4.52. The van der Waals surface area contributed by atoms with Crippen LogP contribution in [0.15, 0.2) is 18.2 Å². The van der Waals surface area contributed by atoms with Crippen molar-refractivity contribution in [3.63, 3.8) is 0 Å². The predicted octanol–water partition coefficient (Wildman–Crippen LogP) is 3.21. The van der Waals surface area contributed by atoms with Crippen molar-refractivity contribution in [1.29, 1.82) is 0 Å². The number of hydrogen-bond acceptors (Lipinski definition) is 2. The van der Waals surface area contributed by atoms with E-state index in [0.29, 0.717) is 26.5 Å². The molecular formula is C12H10Cl2N2O. The summed E-state index contributed by atoms with van der Waals surface area (Å²) < 4.78 is 0. The highest BCUT2D eigenvalue weighted by atomic mass is 35.5. The zero-order valence-electron chi connectivity index (χ0n) is 9.34. The summed E-state index contributed by atoms with van der Waals surface area (Å²) in [5.74, 6) is -0.182. The lowest BCUT2D eigenvalue weighted by Gasteiger charge is -2.08. The molecule has 0 atom stereocenters. The van der Waals surface area contributed by atoms with E-state index < -0.39 is 0 Å². The van der Waals surface area contributed by atoms with Crippen LogP contribution >= 0.6 is 23.2 Å². The Kier molecular flexibility index (Phi) is 3.22. The number of rotatable bonds is 1. The van der Waals surface area contributed by atoms with E-state index in [1.54, 1.807) is 25.2 Å². The number of nitrogens with zero attached hydrogens (tertiary/aromatic N) is 1. The van der Waals surface area contributed by atoms with Crippen molar-refractivity contribution in [1.82, 2.24) is 10.3 Å². The zero-order valence-corrected chi connectivity index (χ0v) is 10.9. The number of nitrogens with one attached hydrogen (secondary N) is 1. The fraction of sp³-hybridized carbons (Fsp3) is 0.167. The first-order valence-electron chi connectivity index (χ1n) is 5.01. The van der Waals surface area contributed by atoms with Gasteiger partial charge in [0.15, 0.2) is 0 Å². The number of amides is 1. The average Bonchev–Trinajstić information content (AvgIpc) is 2.28. The Labute approximate surface area is 109 Å². The van der Waals surface area contributed by atoms with Gasteiger partial charge in [0, 0.05) is 23.2 Å². The number of carbonyl (C=O) groups excluding carboxylic acids is 1. The van der Waals surface area contributed by atoms with E-state index in [-0.39, 0.29) is 5.91 Å². The molecule has 1 N–H and O–H groups in total. The number of halogens is 2. The number of hydrogen-bond donors (Lipinski definition) is 1. The molecule has 0 aliphatic rings. The summed E-state index contributed by atoms with van der Waals surface area (Å²) in [6, 6.07) is 5.03. The molecule has 0 radical (unpaired) electrons. The van der Waals surface area contributed by atoms with E-state index >= 15 is 0 Å². The Morgan fingerprint density at radius 3 is 2.65 bits per heavy atom. The summed E-state index contributed by atoms with van der Waals surface area (Å²) in [6.07, 6.45) is 0. The smallest absolute Gasteiger partial charge is 0.251 e. The Morgan fingerprint density at radius 2 is 2.00 bits per heavy atom. The number of carbonyl (C=O) groups is 1. The summed E-state index contributed by atoms with van der Waals surface area (Å²) in [7, 11) is 1.58. The van der Waals surface area contributed by atoms with Gasteiger partial charge in [-0.2, -0.15) is 0 Å². The Morgan fingerprint density at radius 1 is 1.29 bits per heavy atom. The van der Waals surface area contributed by atoms with Crippen molar-refractivity contribution in [2.24, 2.45) is 0 Å². The number of benzene rings is 1. The molecule has 0 unspecified atom stereocenters. The molecule has 2 rings (SSSR count). The molecule has 1 heterocycles. The molecule has 0 aliphatic carbocycles. The normalized spacial score (nSPS) is 10.6. The summed E-state index contributed by atoms with van der Waals surface area (Å²) in [5, 5.41) is 4.18. The van der Waals surface area contributed by atoms with E-state index in [4.69, 9.17) is 23.2 Å². The van der Waals surface area contributed by atoms with Gasteiger partial charge in [-0.15, -0.1) is 0 Å². The van der Waals surface area contributed by atoms with Crippen LogP contribution in [-0.2, 0) is 0 Å². The Hall–Kier alpha value is -1.32. The number of aryl methyl sites for hydroxylation is 1. The lowest BCUT2D eigenvalue weighted by Crippen LogP contribution is -2.18. The highest BCUT2D eigenvalue weighted by Gasteiger charge is 2.13. The van der Waals surface area contributed by atoms with Gasteiger partial charge in [0.2, 0.25) is 0 Å². The van der Waals surface area contributed by atoms with Crippen LogP contribution < -0.4 is 5.32 Å². The van der Waals surface area contributed by atoms with Crippen molar-refractivity contribution in [3.8, 4) is 0 Å². The number of pyridine rings is 1. The van der Waals surface area contributed by atoms with E-state index in [1.807, 2.05) is 6.92 Å². The molecule has 0 saturated heterocycles. The van der Waals surface area contributed by atoms with Crippen LogP contribution in [0.25, 0.3) is 10.9 Å². The van der Waals surface area contributed by atoms with Crippen molar-refractivity contribution < 1.29 is 4.79 Å². The molecule has 1 aromatic carbocycles. The minimum atomic E-state index is -0.182. The quantitative estimate of drug-likeness (QED) is 0.863. The maximum Gasteiger partial charge on any atom is 0.251 e. The molecule has 3 nitrogen and oxygen atoms in total. The van der Waals surface area contributed by atoms with Gasteiger partial charge in [-0.1, -0.05) is 23.2 Å². The van der Waals surface area contributed by atoms with Gasteiger partial charge in [0.05, 0.1) is 16.1 Å². The van der Waals surface area contributed by atoms with E-state index in [0.717, 1.165) is 5.69 Å². The Bertz CT molecular complexity index is 611. The Balaban J connectivity index is 2.87. The summed E-state index contributed by atoms with van der Waals surface area (Å²) in [6.45, 7) is 1.82. The second kappa shape index (κ2) is 4.51. The largest absolute Gasteiger partial charge is 0.355 e. The summed E-state index contributed by atoms with van der Waals surface area (Å²) >= 11 is 12.0. The van der Waals surface area contributed by atoms with Gasteiger partial charge in [0.1, 0.15) is 0 Å². The summed E-state index contributed by atoms with van der Waals surface area (Å²) in [4.78, 5) is 16.1. The topological polar surface area (TPSA) is 42.0 Å². The van der Waals surface area contributed by atoms with Gasteiger partial charge >= 0.3 is 0 Å². The maximum absolute atomic E-state index is 11.8. The van der Waals surface area contributed by atoms with Crippen LogP contribution in [0.3, 0.4) is 0 Å². The van der Waals surface area contributed by atoms with Crippen LogP contribution in [0, 0.1) is 6.92 Å². The fourth-order valence-corrected chi connectivity index (χ4v) is 2.24. The summed E-state index contributed by atoms with van der Waals surface area (Å²) in [5.41, 5.74) is 1.86. The first-order valence-corrected chi connectivity index (χ1v) is 5.77. The molecular weight excluding hydrogens is 259 g/mol. The van der Waals surface area contributed by atoms with Gasteiger partial charge < -0.3 is 5.32 Å². The maximum atomic E-state index is 11.8. The van der Waals surface area contributed by atoms with Crippen molar-refractivity contribution in [2.75, 3.05) is 7.05 Å². The molecule has 0 saturated carbocycles. The molecule has 0 spiro atoms. The van der Waals surface area contributed by atoms with Crippen LogP contribution in [-0.4, -0.2) is 17.9 Å². The second-order valence-electron chi connectivity index (χ2n) is 3.67. The molecule has 5 heteroatoms. The van der Waals surface area contributed by atoms with E-state index in [1.165, 1.54) is 0 Å². The van der Waals surface area contributed by atoms with Crippen LogP contribution in [0.5, 0.6) is 0 Å². The average molecular weight is 269 g/mol. The third kappa shape index (κ3) is 2.21. The lowest BCUT2D eigenvalue weighted by molar-refractivity contribution is 0.0964. The number of fused-ring (bicyclic) bond motifs is 1. The fourth-order valence-electron chi connectivity index (χ4n) is 1.70. The number of aromatic nitrogens is 1. The van der Waals surface area contributed by atoms with Crippen LogP contribution in [0.4, 0.5) is 0 Å². The molecule has 2 aromatic rings. The standard InChI is InChI=1S/C12H10Cl2N2O/c1-6-3-9(12(17)15-2)8-4-7(13)5-10(14)11(8)16-6/h3-5H,1-2H3,(H,15,17). The van der Waals surface area contributed by atoms with Gasteiger partial charge in [-0.05, 0) is 25.1 Å². The SMILES string of the molecule is CNC(=O)c1cc(C)nc2c(Cl)cc(Cl)cc12. The van der Waals surface area contributed by atoms with Gasteiger partial charge in [-0.25, -0.2) is 0 Å². The van der Waals surface area contributed by atoms with E-state index in [9.17, 15) is 4.79 Å². The first-order chi connectivity index (χ1) is 8.02. The van der Waals surface area contributed by atoms with Crippen molar-refractivity contribution >= 4 is 40.0 Å². The molecule has 0 bridgehead atoms. The molecule has 1 amide bonds. The highest BCUT2D eigenvalue weighted by Crippen LogP contribution is 2.29. The minimum Gasteiger partial charge on any atom is -0.355 e. The molecule has 1 aromatic heterocycles. The van der Waals surface area contributed by atoms with Gasteiger partial charge in [0.25, 0.3) is 5.91 Å². The van der Waals surface area contributed by atoms with Crippen molar-refractivity contribution in [3.05, 3.63) is 39.5 Å². The van der Waals surface area contributed by atoms with Gasteiger partial charge in [-0.3, -0.25) is 9.78 Å². The molecule has 0 aliphatic heterocycles. The molecule has 0 fully saturated rings. The van der Waals surface area contributed by atoms with E-state index in [2.05, 4.69) is 10.3 Å². The monoisotopic (exact) mass is 268 g/mol. The zero-order chi connectivity index (χ0) is 12.6. The molecule has 88 valence electrons.